The van der Waals surface area contributed by atoms with Gasteiger partial charge in [-0.3, -0.25) is 4.79 Å². The normalized spacial score (nSPS) is 22.8. The Hall–Kier alpha value is -1.51. The van der Waals surface area contributed by atoms with Crippen LogP contribution >= 0.6 is 12.2 Å². The van der Waals surface area contributed by atoms with Gasteiger partial charge >= 0.3 is 0 Å². The van der Waals surface area contributed by atoms with Gasteiger partial charge in [-0.1, -0.05) is 12.1 Å². The van der Waals surface area contributed by atoms with E-state index in [1.165, 1.54) is 26.2 Å². The average Bonchev–Trinajstić information content (AvgIpc) is 2.64. The Morgan fingerprint density at radius 3 is 2.15 bits per heavy atom. The lowest BCUT2D eigenvalue weighted by molar-refractivity contribution is -0.123. The highest BCUT2D eigenvalue weighted by molar-refractivity contribution is 7.89. The molecule has 0 radical (unpaired) electrons. The number of nitrogens with zero attached hydrogens (tertiary/aromatic N) is 1. The summed E-state index contributed by atoms with van der Waals surface area (Å²) in [5.74, 6) is -0.259. The summed E-state index contributed by atoms with van der Waals surface area (Å²) in [6, 6.07) is 6.17. The van der Waals surface area contributed by atoms with Gasteiger partial charge < -0.3 is 10.6 Å². The molecule has 1 amide bonds. The lowest BCUT2D eigenvalue weighted by Crippen LogP contribution is -2.40. The van der Waals surface area contributed by atoms with Gasteiger partial charge in [0.25, 0.3) is 5.91 Å². The Morgan fingerprint density at radius 1 is 1.20 bits per heavy atom. The topological polar surface area (TPSA) is 78.5 Å². The largest absolute Gasteiger partial charge is 0.345 e. The maximum atomic E-state index is 12.0. The number of sulfonamides is 1. The number of benzene rings is 1. The van der Waals surface area contributed by atoms with Crippen LogP contribution in [-0.2, 0) is 20.4 Å². The molecule has 2 rings (SSSR count). The maximum absolute atomic E-state index is 12.0. The van der Waals surface area contributed by atoms with Crippen LogP contribution in [0.5, 0.6) is 0 Å². The Labute approximate surface area is 123 Å². The van der Waals surface area contributed by atoms with Gasteiger partial charge in [-0.05, 0) is 36.8 Å². The molecular weight excluding hydrogens is 298 g/mol. The average molecular weight is 313 g/mol. The monoisotopic (exact) mass is 313 g/mol. The van der Waals surface area contributed by atoms with E-state index in [-0.39, 0.29) is 15.9 Å². The zero-order valence-electron chi connectivity index (χ0n) is 11.3. The van der Waals surface area contributed by atoms with Crippen LogP contribution in [0.3, 0.4) is 0 Å². The summed E-state index contributed by atoms with van der Waals surface area (Å²) < 4.78 is 25.1. The maximum Gasteiger partial charge on any atom is 0.256 e. The van der Waals surface area contributed by atoms with Gasteiger partial charge in [0.15, 0.2) is 5.11 Å². The fourth-order valence-electron chi connectivity index (χ4n) is 1.92. The highest BCUT2D eigenvalue weighted by Gasteiger charge is 2.41. The molecule has 0 bridgehead atoms. The first-order chi connectivity index (χ1) is 9.18. The second-order valence-corrected chi connectivity index (χ2v) is 7.41. The molecule has 0 aromatic heterocycles. The SMILES string of the molecule is CN(C)S(=O)(=O)c1ccc(C2(C)NC(=S)NC2=O)cc1. The van der Waals surface area contributed by atoms with Crippen LogP contribution in [0.25, 0.3) is 0 Å². The number of hydrogen-bond donors (Lipinski definition) is 2. The highest BCUT2D eigenvalue weighted by Crippen LogP contribution is 2.25. The number of rotatable bonds is 3. The smallest absolute Gasteiger partial charge is 0.256 e. The van der Waals surface area contributed by atoms with E-state index in [9.17, 15) is 13.2 Å². The molecule has 6 nitrogen and oxygen atoms in total. The van der Waals surface area contributed by atoms with Crippen LogP contribution in [-0.4, -0.2) is 37.8 Å². The molecule has 1 fully saturated rings. The van der Waals surface area contributed by atoms with Crippen molar-refractivity contribution >= 4 is 33.3 Å². The third kappa shape index (κ3) is 2.30. The second-order valence-electron chi connectivity index (χ2n) is 4.85. The Morgan fingerprint density at radius 2 is 1.75 bits per heavy atom. The molecule has 1 atom stereocenters. The summed E-state index contributed by atoms with van der Waals surface area (Å²) in [5.41, 5.74) is -0.329. The van der Waals surface area contributed by atoms with Crippen molar-refractivity contribution in [3.63, 3.8) is 0 Å². The molecule has 1 aliphatic rings. The first kappa shape index (κ1) is 14.9. The molecule has 8 heteroatoms. The molecule has 0 aliphatic carbocycles. The van der Waals surface area contributed by atoms with Crippen molar-refractivity contribution in [2.75, 3.05) is 14.1 Å². The summed E-state index contributed by atoms with van der Waals surface area (Å²) in [5, 5.41) is 5.68. The van der Waals surface area contributed by atoms with Crippen LogP contribution in [0.1, 0.15) is 12.5 Å². The van der Waals surface area contributed by atoms with Crippen LogP contribution in [0.2, 0.25) is 0 Å². The standard InChI is InChI=1S/C12H15N3O3S2/c1-12(10(16)13-11(19)14-12)8-4-6-9(7-5-8)20(17,18)15(2)3/h4-7H,1-3H3,(H2,13,14,16,19). The zero-order chi connectivity index (χ0) is 15.1. The molecule has 0 saturated carbocycles. The van der Waals surface area contributed by atoms with Crippen molar-refractivity contribution in [2.24, 2.45) is 0 Å². The minimum absolute atomic E-state index is 0.177. The quantitative estimate of drug-likeness (QED) is 0.777. The van der Waals surface area contributed by atoms with Crippen LogP contribution < -0.4 is 10.6 Å². The third-order valence-corrected chi connectivity index (χ3v) is 5.29. The van der Waals surface area contributed by atoms with Gasteiger partial charge in [0.05, 0.1) is 4.90 Å². The van der Waals surface area contributed by atoms with Gasteiger partial charge in [0.1, 0.15) is 5.54 Å². The van der Waals surface area contributed by atoms with E-state index in [0.717, 1.165) is 4.31 Å². The third-order valence-electron chi connectivity index (χ3n) is 3.25. The molecule has 20 heavy (non-hydrogen) atoms. The van der Waals surface area contributed by atoms with E-state index in [1.807, 2.05) is 0 Å². The Bertz CT molecular complexity index is 668. The van der Waals surface area contributed by atoms with Gasteiger partial charge in [-0.2, -0.15) is 0 Å². The minimum Gasteiger partial charge on any atom is -0.345 e. The van der Waals surface area contributed by atoms with Crippen molar-refractivity contribution in [1.29, 1.82) is 0 Å². The molecule has 1 aromatic carbocycles. The van der Waals surface area contributed by atoms with Crippen LogP contribution in [0.4, 0.5) is 0 Å². The summed E-state index contributed by atoms with van der Waals surface area (Å²) in [4.78, 5) is 12.1. The van der Waals surface area contributed by atoms with Gasteiger partial charge in [0, 0.05) is 14.1 Å². The summed E-state index contributed by atoms with van der Waals surface area (Å²) in [6.45, 7) is 1.69. The molecule has 1 unspecified atom stereocenters. The van der Waals surface area contributed by atoms with Crippen LogP contribution in [0.15, 0.2) is 29.2 Å². The number of thiocarbonyl (C=S) groups is 1. The lowest BCUT2D eigenvalue weighted by Gasteiger charge is -2.22. The first-order valence-corrected chi connectivity index (χ1v) is 7.69. The summed E-state index contributed by atoms with van der Waals surface area (Å²) >= 11 is 4.92. The molecule has 1 saturated heterocycles. The van der Waals surface area contributed by atoms with Crippen molar-refractivity contribution in [1.82, 2.24) is 14.9 Å². The number of carbonyl (C=O) groups excluding carboxylic acids is 1. The highest BCUT2D eigenvalue weighted by atomic mass is 32.2. The lowest BCUT2D eigenvalue weighted by atomic mass is 9.92. The minimum atomic E-state index is -3.47. The van der Waals surface area contributed by atoms with Crippen molar-refractivity contribution < 1.29 is 13.2 Å². The fourth-order valence-corrected chi connectivity index (χ4v) is 3.12. The Kier molecular flexibility index (Phi) is 3.57. The van der Waals surface area contributed by atoms with Crippen LogP contribution in [0, 0.1) is 0 Å². The van der Waals surface area contributed by atoms with E-state index in [1.54, 1.807) is 19.1 Å². The van der Waals surface area contributed by atoms with E-state index in [0.29, 0.717) is 5.56 Å². The molecule has 1 aliphatic heterocycles. The molecule has 1 heterocycles. The van der Waals surface area contributed by atoms with Gasteiger partial charge in [0.2, 0.25) is 10.0 Å². The fraction of sp³-hybridized carbons (Fsp3) is 0.333. The molecule has 108 valence electrons. The number of amides is 1. The molecule has 2 N–H and O–H groups in total. The van der Waals surface area contributed by atoms with Gasteiger partial charge in [-0.15, -0.1) is 0 Å². The molecular formula is C12H15N3O3S2. The number of nitrogens with one attached hydrogen (secondary N) is 2. The summed E-state index contributed by atoms with van der Waals surface area (Å²) in [7, 11) is -0.540. The van der Waals surface area contributed by atoms with E-state index in [4.69, 9.17) is 12.2 Å². The van der Waals surface area contributed by atoms with Crippen molar-refractivity contribution in [3.05, 3.63) is 29.8 Å². The second kappa shape index (κ2) is 4.80. The first-order valence-electron chi connectivity index (χ1n) is 5.84. The molecule has 1 aromatic rings. The summed E-state index contributed by atoms with van der Waals surface area (Å²) in [6.07, 6.45) is 0. The Balaban J connectivity index is 2.39. The molecule has 0 spiro atoms. The van der Waals surface area contributed by atoms with E-state index < -0.39 is 15.6 Å². The van der Waals surface area contributed by atoms with Gasteiger partial charge in [-0.25, -0.2) is 12.7 Å². The van der Waals surface area contributed by atoms with Crippen molar-refractivity contribution in [3.8, 4) is 0 Å². The van der Waals surface area contributed by atoms with E-state index in [2.05, 4.69) is 10.6 Å². The van der Waals surface area contributed by atoms with E-state index >= 15 is 0 Å². The number of hydrogen-bond acceptors (Lipinski definition) is 4. The van der Waals surface area contributed by atoms with Crippen molar-refractivity contribution in [2.45, 2.75) is 17.4 Å². The predicted octanol–water partition coefficient (Wildman–Crippen LogP) is 0.156. The zero-order valence-corrected chi connectivity index (χ0v) is 12.9. The number of carbonyl (C=O) groups is 1. The predicted molar refractivity (Wildman–Crippen MR) is 78.5 cm³/mol.